The highest BCUT2D eigenvalue weighted by Gasteiger charge is 2.04. The summed E-state index contributed by atoms with van der Waals surface area (Å²) in [6, 6.07) is 6.00. The average Bonchev–Trinajstić information content (AvgIpc) is 2.45. The Morgan fingerprint density at radius 3 is 2.60 bits per heavy atom. The minimum Gasteiger partial charge on any atom is -0.335 e. The summed E-state index contributed by atoms with van der Waals surface area (Å²) >= 11 is 12.2. The first-order chi connectivity index (χ1) is 7.08. The van der Waals surface area contributed by atoms with E-state index in [1.807, 2.05) is 35.9 Å². The molecule has 1 aromatic carbocycles. The molecular formula is C10H8Br2N2S. The number of aryl methyl sites for hydroxylation is 1. The molecule has 1 aromatic heterocycles. The Hall–Kier alpha value is -0.390. The van der Waals surface area contributed by atoms with Crippen molar-refractivity contribution in [3.63, 3.8) is 0 Å². The van der Waals surface area contributed by atoms with Crippen molar-refractivity contribution in [1.82, 2.24) is 9.55 Å². The molecule has 15 heavy (non-hydrogen) atoms. The van der Waals surface area contributed by atoms with Crippen molar-refractivity contribution in [2.75, 3.05) is 0 Å². The van der Waals surface area contributed by atoms with Gasteiger partial charge >= 0.3 is 0 Å². The van der Waals surface area contributed by atoms with E-state index in [4.69, 9.17) is 12.2 Å². The van der Waals surface area contributed by atoms with E-state index < -0.39 is 0 Å². The van der Waals surface area contributed by atoms with Crippen LogP contribution in [-0.4, -0.2) is 9.55 Å². The van der Waals surface area contributed by atoms with Crippen LogP contribution in [-0.2, 0) is 0 Å². The van der Waals surface area contributed by atoms with Crippen LogP contribution >= 0.6 is 44.1 Å². The fourth-order valence-electron chi connectivity index (χ4n) is 1.37. The number of benzene rings is 1. The summed E-state index contributed by atoms with van der Waals surface area (Å²) in [6.45, 7) is 1.99. The van der Waals surface area contributed by atoms with Crippen LogP contribution in [0.25, 0.3) is 5.69 Å². The molecule has 0 spiro atoms. The smallest absolute Gasteiger partial charge is 0.182 e. The van der Waals surface area contributed by atoms with Crippen molar-refractivity contribution in [2.24, 2.45) is 0 Å². The normalized spacial score (nSPS) is 10.6. The van der Waals surface area contributed by atoms with E-state index in [-0.39, 0.29) is 0 Å². The Morgan fingerprint density at radius 1 is 1.33 bits per heavy atom. The molecule has 1 heterocycles. The molecule has 2 aromatic rings. The van der Waals surface area contributed by atoms with Crippen LogP contribution in [0, 0.1) is 11.7 Å². The Morgan fingerprint density at radius 2 is 2.07 bits per heavy atom. The molecular weight excluding hydrogens is 340 g/mol. The summed E-state index contributed by atoms with van der Waals surface area (Å²) < 4.78 is 4.70. The fourth-order valence-corrected chi connectivity index (χ4v) is 2.92. The first-order valence-electron chi connectivity index (χ1n) is 4.31. The van der Waals surface area contributed by atoms with Crippen LogP contribution in [0.2, 0.25) is 0 Å². The molecule has 0 radical (unpaired) electrons. The van der Waals surface area contributed by atoms with Crippen LogP contribution in [0.5, 0.6) is 0 Å². The van der Waals surface area contributed by atoms with E-state index in [1.54, 1.807) is 0 Å². The summed E-state index contributed by atoms with van der Waals surface area (Å²) in [6.07, 6.45) is 1.98. The molecule has 0 bridgehead atoms. The van der Waals surface area contributed by atoms with Gasteiger partial charge in [0.25, 0.3) is 0 Å². The summed E-state index contributed by atoms with van der Waals surface area (Å²) in [7, 11) is 0. The number of rotatable bonds is 1. The van der Waals surface area contributed by atoms with Gasteiger partial charge in [-0.15, -0.1) is 0 Å². The van der Waals surface area contributed by atoms with Crippen molar-refractivity contribution in [3.05, 3.63) is 43.8 Å². The third-order valence-electron chi connectivity index (χ3n) is 2.01. The number of nitrogens with one attached hydrogen (secondary N) is 1. The zero-order valence-corrected chi connectivity index (χ0v) is 11.9. The third-order valence-corrected chi connectivity index (χ3v) is 3.44. The minimum atomic E-state index is 0.704. The standard InChI is InChI=1S/C10H8Br2N2S/c1-6-5-14(10(15)13-6)9-3-2-7(11)4-8(9)12/h2-5H,1H3,(H,13,15). The maximum atomic E-state index is 5.22. The highest BCUT2D eigenvalue weighted by molar-refractivity contribution is 9.11. The zero-order chi connectivity index (χ0) is 11.0. The molecule has 0 saturated carbocycles. The van der Waals surface area contributed by atoms with Gasteiger partial charge in [-0.25, -0.2) is 0 Å². The second-order valence-corrected chi connectivity index (χ2v) is 5.36. The Balaban J connectivity index is 2.64. The summed E-state index contributed by atoms with van der Waals surface area (Å²) in [5, 5.41) is 0. The number of imidazole rings is 1. The molecule has 0 saturated heterocycles. The molecule has 0 amide bonds. The second kappa shape index (κ2) is 4.23. The maximum absolute atomic E-state index is 5.22. The van der Waals surface area contributed by atoms with Crippen LogP contribution < -0.4 is 0 Å². The predicted octanol–water partition coefficient (Wildman–Crippen LogP) is 4.37. The highest BCUT2D eigenvalue weighted by atomic mass is 79.9. The van der Waals surface area contributed by atoms with E-state index in [9.17, 15) is 0 Å². The third kappa shape index (κ3) is 2.24. The van der Waals surface area contributed by atoms with Gasteiger partial charge in [0.05, 0.1) is 5.69 Å². The second-order valence-electron chi connectivity index (χ2n) is 3.21. The Kier molecular flexibility index (Phi) is 3.13. The first-order valence-corrected chi connectivity index (χ1v) is 6.31. The van der Waals surface area contributed by atoms with Crippen LogP contribution in [0.4, 0.5) is 0 Å². The molecule has 5 heteroatoms. The van der Waals surface area contributed by atoms with E-state index in [0.29, 0.717) is 4.77 Å². The molecule has 78 valence electrons. The number of aromatic amines is 1. The van der Waals surface area contributed by atoms with Gasteiger partial charge in [-0.2, -0.15) is 0 Å². The average molecular weight is 348 g/mol. The summed E-state index contributed by atoms with van der Waals surface area (Å²) in [4.78, 5) is 3.09. The molecule has 0 fully saturated rings. The van der Waals surface area contributed by atoms with Crippen molar-refractivity contribution in [3.8, 4) is 5.69 Å². The molecule has 2 rings (SSSR count). The molecule has 2 nitrogen and oxygen atoms in total. The van der Waals surface area contributed by atoms with E-state index in [1.165, 1.54) is 0 Å². The van der Waals surface area contributed by atoms with E-state index in [2.05, 4.69) is 36.8 Å². The highest BCUT2D eigenvalue weighted by Crippen LogP contribution is 2.25. The number of nitrogens with zero attached hydrogens (tertiary/aromatic N) is 1. The Bertz CT molecular complexity index is 557. The molecule has 0 aliphatic carbocycles. The number of aromatic nitrogens is 2. The van der Waals surface area contributed by atoms with Crippen molar-refractivity contribution < 1.29 is 0 Å². The molecule has 1 N–H and O–H groups in total. The largest absolute Gasteiger partial charge is 0.335 e. The van der Waals surface area contributed by atoms with Gasteiger partial charge in [0.1, 0.15) is 0 Å². The van der Waals surface area contributed by atoms with Gasteiger partial charge in [0.2, 0.25) is 0 Å². The lowest BCUT2D eigenvalue weighted by molar-refractivity contribution is 1.02. The molecule has 0 unspecified atom stereocenters. The van der Waals surface area contributed by atoms with Crippen molar-refractivity contribution in [1.29, 1.82) is 0 Å². The van der Waals surface area contributed by atoms with Crippen LogP contribution in [0.1, 0.15) is 5.69 Å². The topological polar surface area (TPSA) is 20.7 Å². The SMILES string of the molecule is Cc1cn(-c2ccc(Br)cc2Br)c(=S)[nH]1. The fraction of sp³-hybridized carbons (Fsp3) is 0.100. The zero-order valence-electron chi connectivity index (χ0n) is 7.92. The maximum Gasteiger partial charge on any atom is 0.182 e. The van der Waals surface area contributed by atoms with Crippen LogP contribution in [0.15, 0.2) is 33.3 Å². The lowest BCUT2D eigenvalue weighted by Crippen LogP contribution is -1.93. The van der Waals surface area contributed by atoms with Gasteiger partial charge in [0.15, 0.2) is 4.77 Å². The predicted molar refractivity (Wildman–Crippen MR) is 71.1 cm³/mol. The van der Waals surface area contributed by atoms with Crippen molar-refractivity contribution >= 4 is 44.1 Å². The quantitative estimate of drug-likeness (QED) is 0.760. The van der Waals surface area contributed by atoms with Crippen LogP contribution in [0.3, 0.4) is 0 Å². The molecule has 0 aliphatic heterocycles. The number of halogens is 2. The van der Waals surface area contributed by atoms with Gasteiger partial charge < -0.3 is 4.98 Å². The van der Waals surface area contributed by atoms with Gasteiger partial charge in [-0.1, -0.05) is 15.9 Å². The molecule has 0 aliphatic rings. The lowest BCUT2D eigenvalue weighted by Gasteiger charge is -2.05. The number of hydrogen-bond donors (Lipinski definition) is 1. The van der Waals surface area contributed by atoms with Crippen molar-refractivity contribution in [2.45, 2.75) is 6.92 Å². The first kappa shape index (κ1) is 11.1. The van der Waals surface area contributed by atoms with Gasteiger partial charge in [-0.3, -0.25) is 4.57 Å². The van der Waals surface area contributed by atoms with E-state index >= 15 is 0 Å². The number of hydrogen-bond acceptors (Lipinski definition) is 1. The number of H-pyrrole nitrogens is 1. The Labute approximate surface area is 110 Å². The summed E-state index contributed by atoms with van der Waals surface area (Å²) in [5.41, 5.74) is 2.09. The molecule has 0 atom stereocenters. The lowest BCUT2D eigenvalue weighted by atomic mass is 10.3. The van der Waals surface area contributed by atoms with Gasteiger partial charge in [0, 0.05) is 20.8 Å². The minimum absolute atomic E-state index is 0.704. The summed E-state index contributed by atoms with van der Waals surface area (Å²) in [5.74, 6) is 0. The van der Waals surface area contributed by atoms with Gasteiger partial charge in [-0.05, 0) is 53.3 Å². The monoisotopic (exact) mass is 346 g/mol. The van der Waals surface area contributed by atoms with E-state index in [0.717, 1.165) is 20.3 Å².